The van der Waals surface area contributed by atoms with Gasteiger partial charge in [-0.1, -0.05) is 19.1 Å². The van der Waals surface area contributed by atoms with E-state index in [9.17, 15) is 30.9 Å². The van der Waals surface area contributed by atoms with E-state index in [2.05, 4.69) is 10.0 Å². The minimum Gasteiger partial charge on any atom is -0.395 e. The van der Waals surface area contributed by atoms with E-state index < -0.39 is 36.7 Å². The summed E-state index contributed by atoms with van der Waals surface area (Å²) in [5, 5.41) is 11.9. The topological polar surface area (TPSA) is 147 Å². The maximum absolute atomic E-state index is 12.5. The molecule has 0 spiro atoms. The Kier molecular flexibility index (Phi) is 10.2. The number of amides is 1. The molecular weight excluding hydrogens is 508 g/mol. The van der Waals surface area contributed by atoms with E-state index in [1.165, 1.54) is 24.3 Å². The number of nitrogens with one attached hydrogen (secondary N) is 2. The summed E-state index contributed by atoms with van der Waals surface area (Å²) in [6.45, 7) is 1.73. The number of sulfonamides is 1. The molecule has 1 aromatic carbocycles. The number of carbonyl (C=O) groups excluding carboxylic acids is 1. The highest BCUT2D eigenvalue weighted by atomic mass is 32.2. The van der Waals surface area contributed by atoms with Crippen molar-refractivity contribution in [1.82, 2.24) is 10.0 Å². The first-order valence-electron chi connectivity index (χ1n) is 10.1. The highest BCUT2D eigenvalue weighted by Crippen LogP contribution is 2.21. The van der Waals surface area contributed by atoms with Crippen molar-refractivity contribution in [2.24, 2.45) is 0 Å². The Hall–Kier alpha value is -1.64. The molecule has 2 rings (SSSR count). The van der Waals surface area contributed by atoms with Crippen LogP contribution in [0.5, 0.6) is 0 Å². The Balaban J connectivity index is 1.85. The quantitative estimate of drug-likeness (QED) is 0.327. The van der Waals surface area contributed by atoms with Gasteiger partial charge in [0, 0.05) is 41.1 Å². The van der Waals surface area contributed by atoms with Crippen molar-refractivity contribution in [2.45, 2.75) is 40.7 Å². The Labute approximate surface area is 201 Å². The van der Waals surface area contributed by atoms with Crippen molar-refractivity contribution >= 4 is 47.9 Å². The summed E-state index contributed by atoms with van der Waals surface area (Å²) in [5.41, 5.74) is 0.601. The van der Waals surface area contributed by atoms with Crippen molar-refractivity contribution in [3.63, 3.8) is 0 Å². The summed E-state index contributed by atoms with van der Waals surface area (Å²) in [5.74, 6) is 0.0769. The molecule has 0 saturated heterocycles. The van der Waals surface area contributed by atoms with Crippen LogP contribution in [0.2, 0.25) is 0 Å². The lowest BCUT2D eigenvalue weighted by Crippen LogP contribution is -2.36. The van der Waals surface area contributed by atoms with Crippen LogP contribution < -0.4 is 10.0 Å². The van der Waals surface area contributed by atoms with Crippen molar-refractivity contribution in [3.05, 3.63) is 46.8 Å². The molecule has 2 aromatic rings. The van der Waals surface area contributed by atoms with Gasteiger partial charge in [0.05, 0.1) is 16.4 Å². The molecule has 2 atom stereocenters. The molecule has 33 heavy (non-hydrogen) atoms. The number of hydrogen-bond donors (Lipinski definition) is 3. The molecule has 1 heterocycles. The van der Waals surface area contributed by atoms with Crippen molar-refractivity contribution in [3.8, 4) is 0 Å². The van der Waals surface area contributed by atoms with Gasteiger partial charge in [-0.05, 0) is 42.7 Å². The number of thiophene rings is 1. The lowest BCUT2D eigenvalue weighted by molar-refractivity contribution is 0.0957. The molecule has 13 heteroatoms. The van der Waals surface area contributed by atoms with Gasteiger partial charge in [-0.2, -0.15) is 0 Å². The largest absolute Gasteiger partial charge is 0.395 e. The van der Waals surface area contributed by atoms with E-state index in [4.69, 9.17) is 0 Å². The monoisotopic (exact) mass is 536 g/mol. The van der Waals surface area contributed by atoms with Gasteiger partial charge < -0.3 is 10.4 Å². The lowest BCUT2D eigenvalue weighted by atomic mass is 10.2. The van der Waals surface area contributed by atoms with Gasteiger partial charge in [0.25, 0.3) is 5.91 Å². The Morgan fingerprint density at radius 2 is 1.91 bits per heavy atom. The van der Waals surface area contributed by atoms with E-state index in [1.54, 1.807) is 19.1 Å². The normalized spacial score (nSPS) is 14.0. The predicted molar refractivity (Wildman–Crippen MR) is 129 cm³/mol. The van der Waals surface area contributed by atoms with Gasteiger partial charge >= 0.3 is 0 Å². The van der Waals surface area contributed by atoms with Gasteiger partial charge in [0.15, 0.2) is 9.84 Å². The summed E-state index contributed by atoms with van der Waals surface area (Å²) >= 11 is 0.895. The first-order valence-corrected chi connectivity index (χ1v) is 15.8. The first-order chi connectivity index (χ1) is 15.5. The summed E-state index contributed by atoms with van der Waals surface area (Å²) in [4.78, 5) is 12.5. The van der Waals surface area contributed by atoms with Crippen LogP contribution in [-0.2, 0) is 36.4 Å². The highest BCUT2D eigenvalue weighted by molar-refractivity contribution is 7.92. The molecule has 0 aliphatic rings. The summed E-state index contributed by atoms with van der Waals surface area (Å²) in [7, 11) is -8.43. The minimum absolute atomic E-state index is 0.0422. The fourth-order valence-corrected chi connectivity index (χ4v) is 7.15. The van der Waals surface area contributed by atoms with Gasteiger partial charge in [0.1, 0.15) is 4.21 Å². The van der Waals surface area contributed by atoms with Gasteiger partial charge in [-0.25, -0.2) is 21.6 Å². The zero-order valence-corrected chi connectivity index (χ0v) is 21.6. The fourth-order valence-electron chi connectivity index (χ4n) is 2.76. The van der Waals surface area contributed by atoms with Crippen LogP contribution in [0.25, 0.3) is 0 Å². The van der Waals surface area contributed by atoms with Crippen LogP contribution >= 0.6 is 11.3 Å². The second kappa shape index (κ2) is 12.2. The predicted octanol–water partition coefficient (Wildman–Crippen LogP) is 1.27. The maximum Gasteiger partial charge on any atom is 0.261 e. The number of rotatable bonds is 13. The highest BCUT2D eigenvalue weighted by Gasteiger charge is 2.19. The first kappa shape index (κ1) is 27.6. The Bertz CT molecular complexity index is 1190. The molecule has 0 bridgehead atoms. The standard InChI is InChI=1S/C20H28N2O7S4/c1-3-16(13-23)22-33(28,29)17-7-4-6-15(12-17)14-31(25)11-5-10-21-20(24)18-8-9-19(30-18)32(2,26)27/h4,6-9,12,16,22-23H,3,5,10-11,13-14H2,1-2H3,(H,21,24). The molecule has 184 valence electrons. The molecule has 0 radical (unpaired) electrons. The number of sulfone groups is 1. The van der Waals surface area contributed by atoms with Crippen LogP contribution in [-0.4, -0.2) is 63.3 Å². The van der Waals surface area contributed by atoms with E-state index >= 15 is 0 Å². The fraction of sp³-hybridized carbons (Fsp3) is 0.450. The molecular formula is C20H28N2O7S4. The van der Waals surface area contributed by atoms with Crippen molar-refractivity contribution in [2.75, 3.05) is 25.2 Å². The number of carbonyl (C=O) groups is 1. The zero-order chi connectivity index (χ0) is 24.6. The second-order valence-electron chi connectivity index (χ2n) is 7.35. The molecule has 2 unspecified atom stereocenters. The van der Waals surface area contributed by atoms with Crippen LogP contribution in [0.3, 0.4) is 0 Å². The molecule has 3 N–H and O–H groups in total. The smallest absolute Gasteiger partial charge is 0.261 e. The lowest BCUT2D eigenvalue weighted by Gasteiger charge is -2.15. The third-order valence-corrected chi connectivity index (χ3v) is 10.4. The summed E-state index contributed by atoms with van der Waals surface area (Å²) in [6.07, 6.45) is 1.96. The van der Waals surface area contributed by atoms with E-state index in [1.807, 2.05) is 0 Å². The second-order valence-corrected chi connectivity index (χ2v) is 14.0. The number of hydrogen-bond acceptors (Lipinski definition) is 8. The molecule has 0 fully saturated rings. The molecule has 1 aromatic heterocycles. The summed E-state index contributed by atoms with van der Waals surface area (Å²) in [6, 6.07) is 8.44. The van der Waals surface area contributed by atoms with Gasteiger partial charge in [-0.15, -0.1) is 11.3 Å². The number of benzene rings is 1. The molecule has 0 aliphatic heterocycles. The van der Waals surface area contributed by atoms with Crippen molar-refractivity contribution in [1.29, 1.82) is 0 Å². The Morgan fingerprint density at radius 3 is 2.52 bits per heavy atom. The van der Waals surface area contributed by atoms with E-state index in [-0.39, 0.29) is 38.8 Å². The van der Waals surface area contributed by atoms with E-state index in [0.29, 0.717) is 24.2 Å². The number of aliphatic hydroxyl groups is 1. The van der Waals surface area contributed by atoms with Crippen LogP contribution in [0.1, 0.15) is 35.0 Å². The third kappa shape index (κ3) is 8.58. The molecule has 1 amide bonds. The number of aliphatic hydroxyl groups excluding tert-OH is 1. The average Bonchev–Trinajstić information content (AvgIpc) is 3.26. The van der Waals surface area contributed by atoms with Crippen LogP contribution in [0.4, 0.5) is 0 Å². The molecule has 0 aliphatic carbocycles. The zero-order valence-electron chi connectivity index (χ0n) is 18.3. The SMILES string of the molecule is CCC(CO)NS(=O)(=O)c1cccc(CS(=O)CCCNC(=O)c2ccc(S(C)(=O)=O)s2)c1. The summed E-state index contributed by atoms with van der Waals surface area (Å²) < 4.78 is 62.9. The Morgan fingerprint density at radius 1 is 1.18 bits per heavy atom. The van der Waals surface area contributed by atoms with Crippen LogP contribution in [0, 0.1) is 0 Å². The minimum atomic E-state index is -3.80. The molecule has 0 saturated carbocycles. The van der Waals surface area contributed by atoms with Crippen LogP contribution in [0.15, 0.2) is 45.5 Å². The van der Waals surface area contributed by atoms with Gasteiger partial charge in [-0.3, -0.25) is 9.00 Å². The third-order valence-electron chi connectivity index (χ3n) is 4.58. The van der Waals surface area contributed by atoms with E-state index in [0.717, 1.165) is 17.6 Å². The maximum atomic E-state index is 12.5. The molecule has 9 nitrogen and oxygen atoms in total. The average molecular weight is 537 g/mol. The van der Waals surface area contributed by atoms with Gasteiger partial charge in [0.2, 0.25) is 10.0 Å². The van der Waals surface area contributed by atoms with Crippen molar-refractivity contribution < 1.29 is 30.9 Å².